The second-order valence-electron chi connectivity index (χ2n) is 18.9. The fourth-order valence-corrected chi connectivity index (χ4v) is 10.0. The molecule has 13 heteroatoms. The van der Waals surface area contributed by atoms with Gasteiger partial charge in [-0.1, -0.05) is 212 Å². The molecule has 3 heterocycles. The Kier molecular flexibility index (Phi) is 12.2. The fraction of sp³-hybridized carbons (Fsp3) is 0.0597. The standard InChI is InChI=1S/C67H44O13/c68-62(69)44-36-54(60-56(37-44)75-66(79-60,49-28-14-4-15-29-49)50-30-16-5-17-31-50)73-64(71)46-39-55(61-58(41-46)77-67(80-61,51-32-18-6-19-33-51)52-34-20-7-21-35-52)74-63(70)45-38-53(72-42-43-22-8-1-9-23-43)59-57(40-45)76-65(78-59,47-24-10-2-11-25-47)48-26-12-3-13-27-48/h1-41H,42H2,(H,68,69). The number of carboxylic acid groups (broad SMARTS) is 1. The Morgan fingerprint density at radius 3 is 0.938 bits per heavy atom. The molecule has 3 aliphatic rings. The van der Waals surface area contributed by atoms with Crippen molar-refractivity contribution < 1.29 is 62.1 Å². The van der Waals surface area contributed by atoms with Crippen LogP contribution in [0.2, 0.25) is 0 Å². The molecule has 3 aliphatic heterocycles. The van der Waals surface area contributed by atoms with E-state index < -0.39 is 35.3 Å². The third-order valence-corrected chi connectivity index (χ3v) is 13.8. The van der Waals surface area contributed by atoms with E-state index in [4.69, 9.17) is 42.6 Å². The van der Waals surface area contributed by atoms with Crippen molar-refractivity contribution in [3.63, 3.8) is 0 Å². The van der Waals surface area contributed by atoms with Crippen molar-refractivity contribution in [1.82, 2.24) is 0 Å². The van der Waals surface area contributed by atoms with Crippen LogP contribution < -0.4 is 42.6 Å². The minimum atomic E-state index is -1.65. The highest BCUT2D eigenvalue weighted by Crippen LogP contribution is 2.56. The number of aromatic carboxylic acids is 1. The molecule has 1 N–H and O–H groups in total. The molecule has 0 unspecified atom stereocenters. The highest BCUT2D eigenvalue weighted by atomic mass is 16.8. The first-order valence-corrected chi connectivity index (χ1v) is 25.5. The van der Waals surface area contributed by atoms with Crippen LogP contribution in [0.3, 0.4) is 0 Å². The van der Waals surface area contributed by atoms with Crippen LogP contribution in [0, 0.1) is 0 Å². The first-order chi connectivity index (χ1) is 39.2. The summed E-state index contributed by atoms with van der Waals surface area (Å²) in [6.07, 6.45) is 0. The summed E-state index contributed by atoms with van der Waals surface area (Å²) < 4.78 is 59.8. The van der Waals surface area contributed by atoms with Crippen molar-refractivity contribution in [3.8, 4) is 51.7 Å². The molecule has 0 spiro atoms. The summed E-state index contributed by atoms with van der Waals surface area (Å²) in [5.41, 5.74) is 4.12. The van der Waals surface area contributed by atoms with Gasteiger partial charge in [-0.25, -0.2) is 14.4 Å². The normalized spacial score (nSPS) is 14.4. The van der Waals surface area contributed by atoms with Gasteiger partial charge in [0.25, 0.3) is 0 Å². The highest BCUT2D eigenvalue weighted by Gasteiger charge is 2.51. The number of hydrogen-bond donors (Lipinski definition) is 1. The molecule has 0 atom stereocenters. The predicted molar refractivity (Wildman–Crippen MR) is 292 cm³/mol. The Balaban J connectivity index is 0.909. The molecule has 13 nitrogen and oxygen atoms in total. The SMILES string of the molecule is O=C(O)c1cc(OC(=O)c2cc(OC(=O)c3cc(OCc4ccccc4)c4c(c3)OC(c3ccccc3)(c3ccccc3)O4)c3c(c2)OC(c2ccccc2)(c2ccccc2)O3)c2c(c1)OC(c1ccccc1)(c1ccccc1)O2. The number of rotatable bonds is 14. The second kappa shape index (κ2) is 20.0. The van der Waals surface area contributed by atoms with Crippen LogP contribution in [0.25, 0.3) is 0 Å². The summed E-state index contributed by atoms with van der Waals surface area (Å²) in [5.74, 6) is -7.84. The first-order valence-electron chi connectivity index (χ1n) is 25.5. The summed E-state index contributed by atoms with van der Waals surface area (Å²) in [5, 5.41) is 10.4. The molecule has 10 aromatic rings. The third kappa shape index (κ3) is 8.68. The molecule has 390 valence electrons. The molecule has 0 radical (unpaired) electrons. The maximum atomic E-state index is 15.1. The molecule has 0 bridgehead atoms. The minimum Gasteiger partial charge on any atom is -0.485 e. The molecule has 80 heavy (non-hydrogen) atoms. The van der Waals surface area contributed by atoms with E-state index in [2.05, 4.69) is 0 Å². The van der Waals surface area contributed by atoms with Crippen molar-refractivity contribution >= 4 is 17.9 Å². The summed E-state index contributed by atoms with van der Waals surface area (Å²) in [6, 6.07) is 73.2. The van der Waals surface area contributed by atoms with Gasteiger partial charge in [0.1, 0.15) is 6.61 Å². The Bertz CT molecular complexity index is 3840. The maximum Gasteiger partial charge on any atom is 0.343 e. The van der Waals surface area contributed by atoms with Crippen LogP contribution in [0.5, 0.6) is 51.7 Å². The number of ether oxygens (including phenoxy) is 9. The summed E-state index contributed by atoms with van der Waals surface area (Å²) >= 11 is 0. The van der Waals surface area contributed by atoms with Crippen LogP contribution in [0.1, 0.15) is 70.0 Å². The lowest BCUT2D eigenvalue weighted by Gasteiger charge is -2.28. The molecular formula is C67H44O13. The Hall–Kier alpha value is -10.8. The molecule has 0 aromatic heterocycles. The van der Waals surface area contributed by atoms with E-state index in [9.17, 15) is 14.7 Å². The van der Waals surface area contributed by atoms with Gasteiger partial charge in [-0.15, -0.1) is 0 Å². The van der Waals surface area contributed by atoms with Gasteiger partial charge in [0.05, 0.1) is 16.7 Å². The number of benzene rings is 10. The topological polar surface area (TPSA) is 155 Å². The van der Waals surface area contributed by atoms with E-state index in [-0.39, 0.29) is 75.0 Å². The van der Waals surface area contributed by atoms with E-state index in [1.807, 2.05) is 212 Å². The lowest BCUT2D eigenvalue weighted by atomic mass is 9.97. The Morgan fingerprint density at radius 1 is 0.338 bits per heavy atom. The smallest absolute Gasteiger partial charge is 0.343 e. The first kappa shape index (κ1) is 48.8. The van der Waals surface area contributed by atoms with Crippen molar-refractivity contribution in [2.45, 2.75) is 24.0 Å². The average molecular weight is 1060 g/mol. The van der Waals surface area contributed by atoms with Gasteiger partial charge in [-0.3, -0.25) is 0 Å². The molecule has 13 rings (SSSR count). The zero-order chi connectivity index (χ0) is 54.3. The second-order valence-corrected chi connectivity index (χ2v) is 18.9. The lowest BCUT2D eigenvalue weighted by molar-refractivity contribution is -0.0471. The molecular weight excluding hydrogens is 1010 g/mol. The van der Waals surface area contributed by atoms with E-state index in [1.165, 1.54) is 36.4 Å². The number of carbonyl (C=O) groups excluding carboxylic acids is 2. The van der Waals surface area contributed by atoms with E-state index in [0.29, 0.717) is 33.4 Å². The van der Waals surface area contributed by atoms with Crippen LogP contribution in [-0.4, -0.2) is 23.0 Å². The zero-order valence-electron chi connectivity index (χ0n) is 42.2. The Labute approximate surface area is 458 Å². The predicted octanol–water partition coefficient (Wildman–Crippen LogP) is 13.4. The summed E-state index contributed by atoms with van der Waals surface area (Å²) in [6.45, 7) is 0.109. The molecule has 0 saturated carbocycles. The van der Waals surface area contributed by atoms with Crippen LogP contribution in [0.15, 0.2) is 249 Å². The summed E-state index contributed by atoms with van der Waals surface area (Å²) in [7, 11) is 0. The highest BCUT2D eigenvalue weighted by molar-refractivity contribution is 5.97. The maximum absolute atomic E-state index is 15.1. The average Bonchev–Trinajstić information content (AvgIpc) is 4.37. The van der Waals surface area contributed by atoms with Crippen molar-refractivity contribution in [1.29, 1.82) is 0 Å². The molecule has 0 aliphatic carbocycles. The minimum absolute atomic E-state index is 0.0103. The van der Waals surface area contributed by atoms with Gasteiger partial charge in [0.2, 0.25) is 17.2 Å². The number of carbonyl (C=O) groups is 3. The zero-order valence-corrected chi connectivity index (χ0v) is 42.2. The van der Waals surface area contributed by atoms with Crippen molar-refractivity contribution in [3.05, 3.63) is 304 Å². The van der Waals surface area contributed by atoms with Gasteiger partial charge in [-0.05, 0) is 42.0 Å². The number of fused-ring (bicyclic) bond motifs is 3. The number of esters is 2. The van der Waals surface area contributed by atoms with Crippen LogP contribution in [-0.2, 0) is 24.0 Å². The van der Waals surface area contributed by atoms with E-state index in [0.717, 1.165) is 5.56 Å². The Morgan fingerprint density at radius 2 is 0.613 bits per heavy atom. The van der Waals surface area contributed by atoms with E-state index >= 15 is 4.79 Å². The fourth-order valence-electron chi connectivity index (χ4n) is 10.0. The number of carboxylic acids is 1. The third-order valence-electron chi connectivity index (χ3n) is 13.8. The van der Waals surface area contributed by atoms with Gasteiger partial charge in [-0.2, -0.15) is 0 Å². The lowest BCUT2D eigenvalue weighted by Crippen LogP contribution is -2.36. The van der Waals surface area contributed by atoms with Crippen molar-refractivity contribution in [2.24, 2.45) is 0 Å². The molecule has 0 fully saturated rings. The summed E-state index contributed by atoms with van der Waals surface area (Å²) in [4.78, 5) is 42.7. The van der Waals surface area contributed by atoms with Gasteiger partial charge < -0.3 is 47.7 Å². The van der Waals surface area contributed by atoms with Gasteiger partial charge in [0.15, 0.2) is 34.5 Å². The largest absolute Gasteiger partial charge is 0.485 e. The quantitative estimate of drug-likeness (QED) is 0.0812. The van der Waals surface area contributed by atoms with E-state index in [1.54, 1.807) is 0 Å². The molecule has 0 amide bonds. The number of hydrogen-bond acceptors (Lipinski definition) is 12. The van der Waals surface area contributed by atoms with Crippen LogP contribution >= 0.6 is 0 Å². The molecule has 10 aromatic carbocycles. The molecule has 0 saturated heterocycles. The van der Waals surface area contributed by atoms with Crippen LogP contribution in [0.4, 0.5) is 0 Å². The monoisotopic (exact) mass is 1060 g/mol. The van der Waals surface area contributed by atoms with Gasteiger partial charge in [0, 0.05) is 33.4 Å². The van der Waals surface area contributed by atoms with Gasteiger partial charge >= 0.3 is 35.3 Å². The van der Waals surface area contributed by atoms with Crippen molar-refractivity contribution in [2.75, 3.05) is 0 Å².